The Morgan fingerprint density at radius 3 is 2.79 bits per heavy atom. The summed E-state index contributed by atoms with van der Waals surface area (Å²) in [6, 6.07) is 6.10. The van der Waals surface area contributed by atoms with Crippen LogP contribution in [0.1, 0.15) is 20.3 Å². The summed E-state index contributed by atoms with van der Waals surface area (Å²) in [5.74, 6) is 0.684. The van der Waals surface area contributed by atoms with E-state index in [1.807, 2.05) is 12.1 Å². The summed E-state index contributed by atoms with van der Waals surface area (Å²) >= 11 is 3.52. The van der Waals surface area contributed by atoms with E-state index in [9.17, 15) is 0 Å². The van der Waals surface area contributed by atoms with Crippen molar-refractivity contribution in [3.05, 3.63) is 28.9 Å². The minimum atomic E-state index is 0.684. The first kappa shape index (κ1) is 14.1. The van der Waals surface area contributed by atoms with Crippen LogP contribution in [-0.4, -0.2) is 18.6 Å². The van der Waals surface area contributed by atoms with Gasteiger partial charge in [0, 0.05) is 23.5 Å². The Labute approximate surface area is 122 Å². The van der Waals surface area contributed by atoms with Gasteiger partial charge in [-0.25, -0.2) is 0 Å². The molecule has 1 heterocycles. The normalized spacial score (nSPS) is 11.2. The van der Waals surface area contributed by atoms with Crippen LogP contribution in [-0.2, 0) is 0 Å². The average Bonchev–Trinajstić information content (AvgIpc) is 2.35. The van der Waals surface area contributed by atoms with Crippen LogP contribution in [0.25, 0.3) is 10.9 Å². The summed E-state index contributed by atoms with van der Waals surface area (Å²) in [6.07, 6.45) is 2.89. The summed E-state index contributed by atoms with van der Waals surface area (Å²) in [5, 5.41) is 1.10. The largest absolute Gasteiger partial charge is 0.396 e. The Kier molecular flexibility index (Phi) is 4.30. The minimum Gasteiger partial charge on any atom is -0.396 e. The second-order valence-electron chi connectivity index (χ2n) is 5.33. The fourth-order valence-corrected chi connectivity index (χ4v) is 2.52. The van der Waals surface area contributed by atoms with Crippen molar-refractivity contribution < 1.29 is 0 Å². The second kappa shape index (κ2) is 5.78. The monoisotopic (exact) mass is 321 g/mol. The van der Waals surface area contributed by atoms with Crippen molar-refractivity contribution in [2.45, 2.75) is 20.3 Å². The number of halogens is 1. The number of nitrogens with zero attached hydrogens (tertiary/aromatic N) is 2. The van der Waals surface area contributed by atoms with Gasteiger partial charge in [-0.2, -0.15) is 0 Å². The number of nitrogen functional groups attached to an aromatic ring is 1. The number of hydrogen-bond donors (Lipinski definition) is 1. The highest BCUT2D eigenvalue weighted by Gasteiger charge is 2.12. The van der Waals surface area contributed by atoms with Gasteiger partial charge in [-0.3, -0.25) is 4.98 Å². The standard InChI is InChI=1S/C15H20BrN3/c1-10(2)6-7-19(3)15-12-8-11(16)4-5-14(12)18-9-13(15)17/h4-5,8-10H,6-7,17H2,1-3H3. The van der Waals surface area contributed by atoms with Crippen LogP contribution in [0.4, 0.5) is 11.4 Å². The lowest BCUT2D eigenvalue weighted by Crippen LogP contribution is -2.21. The second-order valence-corrected chi connectivity index (χ2v) is 6.24. The molecule has 4 heteroatoms. The van der Waals surface area contributed by atoms with E-state index >= 15 is 0 Å². The van der Waals surface area contributed by atoms with Crippen molar-refractivity contribution in [3.63, 3.8) is 0 Å². The smallest absolute Gasteiger partial charge is 0.0745 e. The molecule has 102 valence electrons. The molecule has 2 aromatic rings. The molecule has 0 amide bonds. The van der Waals surface area contributed by atoms with Crippen molar-refractivity contribution >= 4 is 38.2 Å². The van der Waals surface area contributed by atoms with Gasteiger partial charge in [0.25, 0.3) is 0 Å². The van der Waals surface area contributed by atoms with Crippen molar-refractivity contribution in [1.82, 2.24) is 4.98 Å². The zero-order valence-electron chi connectivity index (χ0n) is 11.7. The Morgan fingerprint density at radius 2 is 2.11 bits per heavy atom. The van der Waals surface area contributed by atoms with Crippen molar-refractivity contribution in [2.24, 2.45) is 5.92 Å². The highest BCUT2D eigenvalue weighted by molar-refractivity contribution is 9.10. The van der Waals surface area contributed by atoms with Gasteiger partial charge in [0.05, 0.1) is 23.1 Å². The maximum Gasteiger partial charge on any atom is 0.0745 e. The van der Waals surface area contributed by atoms with Crippen LogP contribution >= 0.6 is 15.9 Å². The Balaban J connectivity index is 2.45. The fourth-order valence-electron chi connectivity index (χ4n) is 2.16. The molecule has 0 saturated heterocycles. The third-order valence-electron chi connectivity index (χ3n) is 3.25. The minimum absolute atomic E-state index is 0.684. The van der Waals surface area contributed by atoms with E-state index in [1.165, 1.54) is 0 Å². The van der Waals surface area contributed by atoms with E-state index in [2.05, 4.69) is 52.8 Å². The third-order valence-corrected chi connectivity index (χ3v) is 3.75. The van der Waals surface area contributed by atoms with E-state index in [1.54, 1.807) is 6.20 Å². The van der Waals surface area contributed by atoms with Gasteiger partial charge < -0.3 is 10.6 Å². The molecule has 19 heavy (non-hydrogen) atoms. The first-order valence-corrected chi connectivity index (χ1v) is 7.33. The third kappa shape index (κ3) is 3.18. The average molecular weight is 322 g/mol. The van der Waals surface area contributed by atoms with Gasteiger partial charge in [0.2, 0.25) is 0 Å². The van der Waals surface area contributed by atoms with Gasteiger partial charge in [0.1, 0.15) is 0 Å². The maximum absolute atomic E-state index is 6.12. The predicted octanol–water partition coefficient (Wildman–Crippen LogP) is 4.06. The summed E-state index contributed by atoms with van der Waals surface area (Å²) in [4.78, 5) is 6.62. The molecule has 0 bridgehead atoms. The molecule has 0 unspecified atom stereocenters. The van der Waals surface area contributed by atoms with Gasteiger partial charge in [0.15, 0.2) is 0 Å². The lowest BCUT2D eigenvalue weighted by molar-refractivity contribution is 0.586. The zero-order chi connectivity index (χ0) is 14.0. The highest BCUT2D eigenvalue weighted by Crippen LogP contribution is 2.32. The summed E-state index contributed by atoms with van der Waals surface area (Å²) < 4.78 is 1.05. The molecule has 0 radical (unpaired) electrons. The number of fused-ring (bicyclic) bond motifs is 1. The van der Waals surface area contributed by atoms with Gasteiger partial charge >= 0.3 is 0 Å². The molecule has 1 aromatic heterocycles. The molecular weight excluding hydrogens is 302 g/mol. The first-order valence-electron chi connectivity index (χ1n) is 6.54. The van der Waals surface area contributed by atoms with Crippen LogP contribution in [0.5, 0.6) is 0 Å². The van der Waals surface area contributed by atoms with Gasteiger partial charge in [-0.1, -0.05) is 29.8 Å². The molecule has 1 aromatic carbocycles. The lowest BCUT2D eigenvalue weighted by atomic mass is 10.1. The topological polar surface area (TPSA) is 42.1 Å². The zero-order valence-corrected chi connectivity index (χ0v) is 13.2. The molecule has 2 rings (SSSR count). The number of rotatable bonds is 4. The lowest BCUT2D eigenvalue weighted by Gasteiger charge is -2.23. The Bertz CT molecular complexity index is 576. The maximum atomic E-state index is 6.12. The van der Waals surface area contributed by atoms with Crippen molar-refractivity contribution in [2.75, 3.05) is 24.2 Å². The quantitative estimate of drug-likeness (QED) is 0.923. The molecule has 0 aliphatic rings. The Morgan fingerprint density at radius 1 is 1.37 bits per heavy atom. The number of anilines is 2. The van der Waals surface area contributed by atoms with Gasteiger partial charge in [-0.15, -0.1) is 0 Å². The summed E-state index contributed by atoms with van der Waals surface area (Å²) in [6.45, 7) is 5.46. The highest BCUT2D eigenvalue weighted by atomic mass is 79.9. The number of benzene rings is 1. The summed E-state index contributed by atoms with van der Waals surface area (Å²) in [5.41, 5.74) is 8.91. The molecule has 0 aliphatic heterocycles. The fraction of sp³-hybridized carbons (Fsp3) is 0.400. The van der Waals surface area contributed by atoms with Crippen LogP contribution < -0.4 is 10.6 Å². The molecular formula is C15H20BrN3. The molecule has 0 fully saturated rings. The molecule has 0 saturated carbocycles. The molecule has 0 spiro atoms. The molecule has 0 atom stereocenters. The Hall–Kier alpha value is -1.29. The van der Waals surface area contributed by atoms with E-state index < -0.39 is 0 Å². The van der Waals surface area contributed by atoms with E-state index in [4.69, 9.17) is 5.73 Å². The SMILES string of the molecule is CC(C)CCN(C)c1c(N)cnc2ccc(Br)cc12. The number of aromatic nitrogens is 1. The van der Waals surface area contributed by atoms with Crippen molar-refractivity contribution in [1.29, 1.82) is 0 Å². The first-order chi connectivity index (χ1) is 8.99. The van der Waals surface area contributed by atoms with E-state index in [-0.39, 0.29) is 0 Å². The molecule has 2 N–H and O–H groups in total. The number of hydrogen-bond acceptors (Lipinski definition) is 3. The van der Waals surface area contributed by atoms with Crippen molar-refractivity contribution in [3.8, 4) is 0 Å². The molecule has 3 nitrogen and oxygen atoms in total. The van der Waals surface area contributed by atoms with Gasteiger partial charge in [-0.05, 0) is 30.5 Å². The van der Waals surface area contributed by atoms with Crippen LogP contribution in [0.15, 0.2) is 28.9 Å². The van der Waals surface area contributed by atoms with Crippen LogP contribution in [0.2, 0.25) is 0 Å². The molecule has 0 aliphatic carbocycles. The van der Waals surface area contributed by atoms with Crippen LogP contribution in [0.3, 0.4) is 0 Å². The van der Waals surface area contributed by atoms with E-state index in [0.717, 1.165) is 39.7 Å². The summed E-state index contributed by atoms with van der Waals surface area (Å²) in [7, 11) is 2.09. The van der Waals surface area contributed by atoms with E-state index in [0.29, 0.717) is 5.92 Å². The predicted molar refractivity (Wildman–Crippen MR) is 86.6 cm³/mol. The number of pyridine rings is 1. The number of nitrogens with two attached hydrogens (primary N) is 1. The van der Waals surface area contributed by atoms with Crippen LogP contribution in [0, 0.1) is 5.92 Å².